The van der Waals surface area contributed by atoms with Crippen LogP contribution in [0.4, 0.5) is 0 Å². The Hall–Kier alpha value is -0.710. The van der Waals surface area contributed by atoms with Crippen molar-refractivity contribution in [3.63, 3.8) is 0 Å². The van der Waals surface area contributed by atoms with Crippen molar-refractivity contribution in [2.24, 2.45) is 5.73 Å². The number of aromatic nitrogens is 1. The number of thiazole rings is 1. The second kappa shape index (κ2) is 4.23. The molecule has 1 heterocycles. The molecule has 1 rings (SSSR count). The first-order valence-electron chi connectivity index (χ1n) is 3.29. The van der Waals surface area contributed by atoms with Gasteiger partial charge in [0.25, 0.3) is 0 Å². The summed E-state index contributed by atoms with van der Waals surface area (Å²) in [4.78, 5) is 4.92. The van der Waals surface area contributed by atoms with Gasteiger partial charge in [0.05, 0.1) is 11.5 Å². The monoisotopic (exact) mass is 170 g/mol. The third-order valence-corrected chi connectivity index (χ3v) is 2.07. The van der Waals surface area contributed by atoms with Crippen LogP contribution in [0.5, 0.6) is 0 Å². The molecule has 0 aliphatic rings. The van der Waals surface area contributed by atoms with Gasteiger partial charge in [-0.05, 0) is 6.08 Å². The molecule has 0 radical (unpaired) electrons. The van der Waals surface area contributed by atoms with Crippen LogP contribution in [0.3, 0.4) is 0 Å². The van der Waals surface area contributed by atoms with E-state index in [0.29, 0.717) is 6.54 Å². The van der Waals surface area contributed by atoms with Gasteiger partial charge in [-0.3, -0.25) is 0 Å². The van der Waals surface area contributed by atoms with Gasteiger partial charge in [-0.15, -0.1) is 11.3 Å². The lowest BCUT2D eigenvalue weighted by molar-refractivity contribution is 0.285. The van der Waals surface area contributed by atoms with Crippen LogP contribution >= 0.6 is 11.3 Å². The maximum absolute atomic E-state index is 8.70. The fraction of sp³-hybridized carbons (Fsp3) is 0.286. The van der Waals surface area contributed by atoms with Gasteiger partial charge in [0.2, 0.25) is 0 Å². The van der Waals surface area contributed by atoms with Gasteiger partial charge in [-0.1, -0.05) is 6.08 Å². The predicted molar refractivity (Wildman–Crippen MR) is 46.1 cm³/mol. The van der Waals surface area contributed by atoms with E-state index < -0.39 is 0 Å². The first kappa shape index (κ1) is 8.39. The fourth-order valence-electron chi connectivity index (χ4n) is 0.642. The summed E-state index contributed by atoms with van der Waals surface area (Å²) in [6, 6.07) is 0. The molecule has 0 aromatic carbocycles. The van der Waals surface area contributed by atoms with Gasteiger partial charge in [0.1, 0.15) is 5.01 Å². The van der Waals surface area contributed by atoms with E-state index in [9.17, 15) is 0 Å². The molecule has 0 bridgehead atoms. The Morgan fingerprint density at radius 2 is 2.55 bits per heavy atom. The Morgan fingerprint density at radius 1 is 1.73 bits per heavy atom. The number of nitrogens with two attached hydrogens (primary N) is 1. The highest BCUT2D eigenvalue weighted by molar-refractivity contribution is 7.12. The van der Waals surface area contributed by atoms with Gasteiger partial charge in [-0.25, -0.2) is 4.98 Å². The lowest BCUT2D eigenvalue weighted by atomic mass is 10.5. The zero-order valence-corrected chi connectivity index (χ0v) is 6.84. The Balaban J connectivity index is 2.65. The maximum atomic E-state index is 8.70. The molecular formula is C7H10N2OS. The Labute approximate surface area is 69.2 Å². The Morgan fingerprint density at radius 3 is 3.09 bits per heavy atom. The number of aliphatic hydroxyl groups excluding tert-OH is 1. The molecule has 1 aromatic rings. The van der Waals surface area contributed by atoms with Crippen molar-refractivity contribution >= 4 is 17.4 Å². The normalized spacial score (nSPS) is 11.1. The topological polar surface area (TPSA) is 59.1 Å². The molecule has 0 saturated carbocycles. The van der Waals surface area contributed by atoms with Crippen molar-refractivity contribution in [1.29, 1.82) is 0 Å². The molecule has 4 heteroatoms. The molecule has 1 aromatic heterocycles. The van der Waals surface area contributed by atoms with E-state index in [1.54, 1.807) is 6.20 Å². The number of aliphatic hydroxyl groups is 1. The first-order chi connectivity index (χ1) is 5.36. The van der Waals surface area contributed by atoms with E-state index in [1.807, 2.05) is 12.2 Å². The third kappa shape index (κ3) is 2.42. The van der Waals surface area contributed by atoms with Crippen molar-refractivity contribution in [1.82, 2.24) is 4.98 Å². The molecule has 0 atom stereocenters. The smallest absolute Gasteiger partial charge is 0.116 e. The van der Waals surface area contributed by atoms with E-state index in [2.05, 4.69) is 4.98 Å². The minimum Gasteiger partial charge on any atom is -0.391 e. The number of hydrogen-bond donors (Lipinski definition) is 2. The molecule has 0 unspecified atom stereocenters. The van der Waals surface area contributed by atoms with Crippen LogP contribution in [0.25, 0.3) is 6.08 Å². The minimum absolute atomic E-state index is 0.0636. The molecular weight excluding hydrogens is 160 g/mol. The SMILES string of the molecule is NCC=Cc1ncc(CO)s1. The second-order valence-corrected chi connectivity index (χ2v) is 3.11. The summed E-state index contributed by atoms with van der Waals surface area (Å²) in [6.45, 7) is 0.585. The fourth-order valence-corrected chi connectivity index (χ4v) is 1.35. The van der Waals surface area contributed by atoms with Gasteiger partial charge in [0.15, 0.2) is 0 Å². The van der Waals surface area contributed by atoms with E-state index in [0.717, 1.165) is 9.88 Å². The van der Waals surface area contributed by atoms with Crippen LogP contribution in [0.1, 0.15) is 9.88 Å². The quantitative estimate of drug-likeness (QED) is 0.698. The van der Waals surface area contributed by atoms with Gasteiger partial charge in [-0.2, -0.15) is 0 Å². The molecule has 60 valence electrons. The largest absolute Gasteiger partial charge is 0.391 e. The standard InChI is InChI=1S/C7H10N2OS/c8-3-1-2-7-9-4-6(5-10)11-7/h1-2,4,10H,3,5,8H2. The van der Waals surface area contributed by atoms with Crippen LogP contribution in [0.2, 0.25) is 0 Å². The molecule has 0 saturated heterocycles. The van der Waals surface area contributed by atoms with Crippen molar-refractivity contribution in [3.8, 4) is 0 Å². The zero-order chi connectivity index (χ0) is 8.10. The molecule has 0 spiro atoms. The molecule has 0 amide bonds. The molecule has 0 aliphatic heterocycles. The van der Waals surface area contributed by atoms with Crippen molar-refractivity contribution in [2.45, 2.75) is 6.61 Å². The van der Waals surface area contributed by atoms with Crippen LogP contribution in [0, 0.1) is 0 Å². The summed E-state index contributed by atoms with van der Waals surface area (Å²) >= 11 is 1.47. The Kier molecular flexibility index (Phi) is 3.22. The summed E-state index contributed by atoms with van der Waals surface area (Å²) in [5.41, 5.74) is 5.26. The average Bonchev–Trinajstić information content (AvgIpc) is 2.48. The highest BCUT2D eigenvalue weighted by Gasteiger charge is 1.95. The van der Waals surface area contributed by atoms with Crippen LogP contribution < -0.4 is 5.73 Å². The van der Waals surface area contributed by atoms with Crippen molar-refractivity contribution in [3.05, 3.63) is 22.2 Å². The molecule has 0 fully saturated rings. The minimum atomic E-state index is 0.0636. The first-order valence-corrected chi connectivity index (χ1v) is 4.10. The summed E-state index contributed by atoms with van der Waals surface area (Å²) in [5.74, 6) is 0. The van der Waals surface area contributed by atoms with Crippen LogP contribution in [0.15, 0.2) is 12.3 Å². The summed E-state index contributed by atoms with van der Waals surface area (Å²) in [7, 11) is 0. The summed E-state index contributed by atoms with van der Waals surface area (Å²) in [6.07, 6.45) is 5.35. The second-order valence-electron chi connectivity index (χ2n) is 1.96. The molecule has 3 nitrogen and oxygen atoms in total. The number of hydrogen-bond acceptors (Lipinski definition) is 4. The van der Waals surface area contributed by atoms with Gasteiger partial charge >= 0.3 is 0 Å². The molecule has 0 aliphatic carbocycles. The zero-order valence-electron chi connectivity index (χ0n) is 6.03. The van der Waals surface area contributed by atoms with E-state index >= 15 is 0 Å². The summed E-state index contributed by atoms with van der Waals surface area (Å²) in [5, 5.41) is 9.59. The van der Waals surface area contributed by atoms with Gasteiger partial charge in [0, 0.05) is 12.7 Å². The maximum Gasteiger partial charge on any atom is 0.116 e. The van der Waals surface area contributed by atoms with Crippen molar-refractivity contribution < 1.29 is 5.11 Å². The highest BCUT2D eigenvalue weighted by atomic mass is 32.1. The number of rotatable bonds is 3. The number of nitrogens with zero attached hydrogens (tertiary/aromatic N) is 1. The average molecular weight is 170 g/mol. The predicted octanol–water partition coefficient (Wildman–Crippen LogP) is 0.607. The molecule has 11 heavy (non-hydrogen) atoms. The lowest BCUT2D eigenvalue weighted by Gasteiger charge is -1.81. The lowest BCUT2D eigenvalue weighted by Crippen LogP contribution is -1.91. The summed E-state index contributed by atoms with van der Waals surface area (Å²) < 4.78 is 0. The van der Waals surface area contributed by atoms with Gasteiger partial charge < -0.3 is 10.8 Å². The highest BCUT2D eigenvalue weighted by Crippen LogP contribution is 2.13. The van der Waals surface area contributed by atoms with E-state index in [1.165, 1.54) is 11.3 Å². The van der Waals surface area contributed by atoms with E-state index in [-0.39, 0.29) is 6.61 Å². The third-order valence-electron chi connectivity index (χ3n) is 1.12. The Bertz CT molecular complexity index is 244. The van der Waals surface area contributed by atoms with Crippen molar-refractivity contribution in [2.75, 3.05) is 6.54 Å². The van der Waals surface area contributed by atoms with E-state index in [4.69, 9.17) is 10.8 Å². The van der Waals surface area contributed by atoms with Crippen LogP contribution in [-0.4, -0.2) is 16.6 Å². The van der Waals surface area contributed by atoms with Crippen LogP contribution in [-0.2, 0) is 6.61 Å². The molecule has 3 N–H and O–H groups in total.